The molecule has 3 rings (SSSR count). The Kier molecular flexibility index (Phi) is 8.37. The Labute approximate surface area is 222 Å². The molecule has 0 unspecified atom stereocenters. The van der Waals surface area contributed by atoms with Crippen LogP contribution in [0.2, 0.25) is 20.1 Å². The van der Waals surface area contributed by atoms with Crippen molar-refractivity contribution in [3.05, 3.63) is 60.5 Å². The van der Waals surface area contributed by atoms with Gasteiger partial charge in [0.1, 0.15) is 6.04 Å². The van der Waals surface area contributed by atoms with Crippen molar-refractivity contribution in [1.82, 2.24) is 4.90 Å². The Morgan fingerprint density at radius 1 is 0.914 bits per heavy atom. The summed E-state index contributed by atoms with van der Waals surface area (Å²) in [6, 6.07) is 4.21. The predicted molar refractivity (Wildman–Crippen MR) is 136 cm³/mol. The van der Waals surface area contributed by atoms with E-state index in [1.807, 2.05) is 32.0 Å². The number of aryl methyl sites for hydroxylation is 2. The number of nitrogens with one attached hydrogen (secondary N) is 1. The molecule has 1 N–H and O–H groups in total. The molecule has 0 aliphatic carbocycles. The number of halogens is 4. The van der Waals surface area contributed by atoms with E-state index in [0.29, 0.717) is 5.69 Å². The summed E-state index contributed by atoms with van der Waals surface area (Å²) in [6.45, 7) is 6.68. The number of hydrogen-bond acceptors (Lipinski definition) is 5. The number of rotatable bonds is 7. The molecule has 0 bridgehead atoms. The van der Waals surface area contributed by atoms with Crippen LogP contribution in [0.5, 0.6) is 0 Å². The van der Waals surface area contributed by atoms with Crippen molar-refractivity contribution in [3.8, 4) is 0 Å². The molecule has 0 fully saturated rings. The Morgan fingerprint density at radius 2 is 1.40 bits per heavy atom. The molecule has 0 radical (unpaired) electrons. The maximum absolute atomic E-state index is 13.2. The maximum atomic E-state index is 13.2. The third-order valence-electron chi connectivity index (χ3n) is 5.50. The quantitative estimate of drug-likeness (QED) is 0.191. The number of nitrogens with zero attached hydrogens (tertiary/aromatic N) is 1. The number of carbonyl (C=O) groups is 4. The van der Waals surface area contributed by atoms with Crippen LogP contribution < -0.4 is 5.32 Å². The zero-order chi connectivity index (χ0) is 26.2. The zero-order valence-corrected chi connectivity index (χ0v) is 22.3. The maximum Gasteiger partial charge on any atom is 0.329 e. The standard InChI is InChI=1S/C24H22Cl4N2O5/c1-10(2)8-13(24(34)35-9-14(31)29-21-11(3)6-5-7-12(21)4)30-22(32)15-16(23(30)33)18(26)20(28)19(27)17(15)25/h5-7,10,13H,8-9H2,1-4H3,(H,29,31)/t13-/m1/s1. The summed E-state index contributed by atoms with van der Waals surface area (Å²) in [6.07, 6.45) is 0.0829. The van der Waals surface area contributed by atoms with Gasteiger partial charge in [0, 0.05) is 5.69 Å². The van der Waals surface area contributed by atoms with Gasteiger partial charge in [-0.25, -0.2) is 4.79 Å². The largest absolute Gasteiger partial charge is 0.454 e. The van der Waals surface area contributed by atoms with Gasteiger partial charge in [0.05, 0.1) is 31.2 Å². The molecular formula is C24H22Cl4N2O5. The molecule has 2 aromatic carbocycles. The van der Waals surface area contributed by atoms with E-state index >= 15 is 0 Å². The summed E-state index contributed by atoms with van der Waals surface area (Å²) >= 11 is 24.5. The summed E-state index contributed by atoms with van der Waals surface area (Å²) in [7, 11) is 0. The second-order valence-corrected chi connectivity index (χ2v) is 10.1. The second kappa shape index (κ2) is 10.7. The lowest BCUT2D eigenvalue weighted by Gasteiger charge is -2.26. The average Bonchev–Trinajstić information content (AvgIpc) is 3.05. The molecule has 1 aliphatic heterocycles. The number of fused-ring (bicyclic) bond motifs is 1. The van der Waals surface area contributed by atoms with Crippen LogP contribution in [0.4, 0.5) is 5.69 Å². The highest BCUT2D eigenvalue weighted by atomic mass is 35.5. The number of carbonyl (C=O) groups excluding carboxylic acids is 4. The fraction of sp³-hybridized carbons (Fsp3) is 0.333. The normalized spacial score (nSPS) is 13.8. The first kappa shape index (κ1) is 27.3. The lowest BCUT2D eigenvalue weighted by atomic mass is 10.0. The van der Waals surface area contributed by atoms with Crippen molar-refractivity contribution in [1.29, 1.82) is 0 Å². The van der Waals surface area contributed by atoms with Crippen LogP contribution in [0.15, 0.2) is 18.2 Å². The highest BCUT2D eigenvalue weighted by Gasteiger charge is 2.47. The molecule has 7 nitrogen and oxygen atoms in total. The van der Waals surface area contributed by atoms with Crippen LogP contribution in [-0.2, 0) is 14.3 Å². The third kappa shape index (κ3) is 5.28. The van der Waals surface area contributed by atoms with Gasteiger partial charge in [0.2, 0.25) is 0 Å². The molecule has 1 atom stereocenters. The molecule has 2 aromatic rings. The molecule has 1 heterocycles. The van der Waals surface area contributed by atoms with Crippen molar-refractivity contribution in [3.63, 3.8) is 0 Å². The molecule has 1 aliphatic rings. The highest BCUT2D eigenvalue weighted by molar-refractivity contribution is 6.55. The molecule has 186 valence electrons. The molecule has 0 spiro atoms. The van der Waals surface area contributed by atoms with Gasteiger partial charge >= 0.3 is 5.97 Å². The topological polar surface area (TPSA) is 92.8 Å². The van der Waals surface area contributed by atoms with E-state index in [0.717, 1.165) is 16.0 Å². The van der Waals surface area contributed by atoms with Crippen molar-refractivity contribution in [2.75, 3.05) is 11.9 Å². The van der Waals surface area contributed by atoms with Gasteiger partial charge in [-0.3, -0.25) is 19.3 Å². The van der Waals surface area contributed by atoms with Gasteiger partial charge in [-0.15, -0.1) is 0 Å². The predicted octanol–water partition coefficient (Wildman–Crippen LogP) is 6.11. The van der Waals surface area contributed by atoms with Gasteiger partial charge < -0.3 is 10.1 Å². The van der Waals surface area contributed by atoms with E-state index in [2.05, 4.69) is 5.32 Å². The fourth-order valence-corrected chi connectivity index (χ4v) is 4.84. The first-order valence-corrected chi connectivity index (χ1v) is 12.1. The Morgan fingerprint density at radius 3 is 1.86 bits per heavy atom. The molecule has 3 amide bonds. The monoisotopic (exact) mass is 558 g/mol. The van der Waals surface area contributed by atoms with Crippen molar-refractivity contribution < 1.29 is 23.9 Å². The van der Waals surface area contributed by atoms with Crippen molar-refractivity contribution in [2.45, 2.75) is 40.2 Å². The number of imide groups is 1. The number of anilines is 1. The SMILES string of the molecule is Cc1cccc(C)c1NC(=O)COC(=O)[C@@H](CC(C)C)N1C(=O)c2c(Cl)c(Cl)c(Cl)c(Cl)c2C1=O. The van der Waals surface area contributed by atoms with E-state index in [1.165, 1.54) is 0 Å². The average molecular weight is 560 g/mol. The fourth-order valence-electron chi connectivity index (χ4n) is 3.82. The van der Waals surface area contributed by atoms with Crippen LogP contribution in [0.1, 0.15) is 52.1 Å². The first-order valence-electron chi connectivity index (χ1n) is 10.6. The minimum Gasteiger partial charge on any atom is -0.454 e. The van der Waals surface area contributed by atoms with Gasteiger partial charge in [-0.05, 0) is 37.3 Å². The highest BCUT2D eigenvalue weighted by Crippen LogP contribution is 2.45. The van der Waals surface area contributed by atoms with E-state index in [9.17, 15) is 19.2 Å². The summed E-state index contributed by atoms with van der Waals surface area (Å²) in [5, 5.41) is 1.90. The minimum atomic E-state index is -1.32. The number of benzene rings is 2. The van der Waals surface area contributed by atoms with Crippen LogP contribution in [0, 0.1) is 19.8 Å². The van der Waals surface area contributed by atoms with E-state index in [1.54, 1.807) is 13.8 Å². The second-order valence-electron chi connectivity index (χ2n) is 8.55. The zero-order valence-electron chi connectivity index (χ0n) is 19.3. The van der Waals surface area contributed by atoms with Gasteiger partial charge in [0.15, 0.2) is 6.61 Å². The van der Waals surface area contributed by atoms with E-state index < -0.39 is 36.3 Å². The molecule has 0 saturated heterocycles. The number of ether oxygens (including phenoxy) is 1. The van der Waals surface area contributed by atoms with E-state index in [4.69, 9.17) is 51.1 Å². The lowest BCUT2D eigenvalue weighted by molar-refractivity contribution is -0.151. The van der Waals surface area contributed by atoms with Crippen molar-refractivity contribution >= 4 is 75.8 Å². The Hall–Kier alpha value is -2.32. The Bertz CT molecular complexity index is 1180. The Balaban J connectivity index is 1.84. The summed E-state index contributed by atoms with van der Waals surface area (Å²) in [4.78, 5) is 52.6. The number of esters is 1. The third-order valence-corrected chi connectivity index (χ3v) is 7.30. The number of amides is 3. The molecule has 11 heteroatoms. The minimum absolute atomic E-state index is 0.0829. The van der Waals surface area contributed by atoms with Crippen LogP contribution in [0.25, 0.3) is 0 Å². The van der Waals surface area contributed by atoms with Gasteiger partial charge in [-0.1, -0.05) is 78.5 Å². The van der Waals surface area contributed by atoms with Crippen LogP contribution in [0.3, 0.4) is 0 Å². The number of hydrogen-bond donors (Lipinski definition) is 1. The molecular weight excluding hydrogens is 538 g/mol. The summed E-state index contributed by atoms with van der Waals surface area (Å²) in [5.74, 6) is -3.30. The van der Waals surface area contributed by atoms with Crippen LogP contribution in [-0.4, -0.2) is 41.2 Å². The van der Waals surface area contributed by atoms with Gasteiger partial charge in [-0.2, -0.15) is 0 Å². The summed E-state index contributed by atoms with van der Waals surface area (Å²) in [5.41, 5.74) is 1.85. The van der Waals surface area contributed by atoms with Crippen LogP contribution >= 0.6 is 46.4 Å². The first-order chi connectivity index (χ1) is 16.4. The molecule has 0 saturated carbocycles. The van der Waals surface area contributed by atoms with Crippen molar-refractivity contribution in [2.24, 2.45) is 5.92 Å². The number of para-hydroxylation sites is 1. The molecule has 35 heavy (non-hydrogen) atoms. The lowest BCUT2D eigenvalue weighted by Crippen LogP contribution is -2.47. The smallest absolute Gasteiger partial charge is 0.329 e. The van der Waals surface area contributed by atoms with Gasteiger partial charge in [0.25, 0.3) is 17.7 Å². The molecule has 0 aromatic heterocycles. The summed E-state index contributed by atoms with van der Waals surface area (Å²) < 4.78 is 5.22. The van der Waals surface area contributed by atoms with E-state index in [-0.39, 0.29) is 43.6 Å².